The highest BCUT2D eigenvalue weighted by atomic mass is 32.1. The molecule has 0 aliphatic heterocycles. The van der Waals surface area contributed by atoms with Crippen LogP contribution in [-0.4, -0.2) is 36.2 Å². The van der Waals surface area contributed by atoms with E-state index < -0.39 is 11.5 Å². The highest BCUT2D eigenvalue weighted by molar-refractivity contribution is 7.14. The highest BCUT2D eigenvalue weighted by Crippen LogP contribution is 2.32. The van der Waals surface area contributed by atoms with Gasteiger partial charge < -0.3 is 15.2 Å². The monoisotopic (exact) mass is 325 g/mol. The molecule has 1 aliphatic carbocycles. The number of hydrogen-bond acceptors (Lipinski definition) is 4. The summed E-state index contributed by atoms with van der Waals surface area (Å²) in [6.45, 7) is 4.08. The fourth-order valence-corrected chi connectivity index (χ4v) is 4.04. The fourth-order valence-electron chi connectivity index (χ4n) is 2.94. The maximum atomic E-state index is 12.5. The first-order chi connectivity index (χ1) is 10.3. The average molecular weight is 325 g/mol. The molecule has 0 spiro atoms. The van der Waals surface area contributed by atoms with Crippen LogP contribution in [0.25, 0.3) is 0 Å². The summed E-state index contributed by atoms with van der Waals surface area (Å²) in [7, 11) is 1.50. The van der Waals surface area contributed by atoms with E-state index in [1.54, 1.807) is 6.92 Å². The topological polar surface area (TPSA) is 75.6 Å². The largest absolute Gasteiger partial charge is 0.481 e. The molecule has 1 aromatic heterocycles. The van der Waals surface area contributed by atoms with Gasteiger partial charge in [-0.3, -0.25) is 9.59 Å². The minimum absolute atomic E-state index is 0.160. The minimum atomic E-state index is -0.959. The van der Waals surface area contributed by atoms with Gasteiger partial charge in [0, 0.05) is 12.0 Å². The van der Waals surface area contributed by atoms with Gasteiger partial charge >= 0.3 is 5.97 Å². The Bertz CT molecular complexity index is 568. The Morgan fingerprint density at radius 3 is 2.91 bits per heavy atom. The van der Waals surface area contributed by atoms with Crippen molar-refractivity contribution in [1.82, 2.24) is 5.32 Å². The molecule has 2 rings (SSSR count). The van der Waals surface area contributed by atoms with E-state index in [1.807, 2.05) is 6.07 Å². The predicted octanol–water partition coefficient (Wildman–Crippen LogP) is 2.48. The number of carbonyl (C=O) groups excluding carboxylic acids is 1. The zero-order chi connectivity index (χ0) is 16.3. The second kappa shape index (κ2) is 6.79. The molecule has 2 N–H and O–H groups in total. The third-order valence-corrected chi connectivity index (χ3v) is 5.21. The van der Waals surface area contributed by atoms with Crippen LogP contribution in [0.3, 0.4) is 0 Å². The molecule has 2 unspecified atom stereocenters. The number of fused-ring (bicyclic) bond motifs is 1. The number of thiophene rings is 1. The molecule has 22 heavy (non-hydrogen) atoms. The van der Waals surface area contributed by atoms with Crippen molar-refractivity contribution in [3.8, 4) is 0 Å². The molecule has 1 heterocycles. The van der Waals surface area contributed by atoms with Gasteiger partial charge in [0.2, 0.25) is 0 Å². The van der Waals surface area contributed by atoms with Crippen molar-refractivity contribution in [2.24, 2.45) is 5.92 Å². The second-order valence-corrected chi connectivity index (χ2v) is 7.56. The number of hydrogen-bond donors (Lipinski definition) is 2. The smallest absolute Gasteiger partial charge is 0.305 e. The first kappa shape index (κ1) is 17.0. The van der Waals surface area contributed by atoms with E-state index in [2.05, 4.69) is 12.2 Å². The van der Waals surface area contributed by atoms with Crippen molar-refractivity contribution in [3.63, 3.8) is 0 Å². The number of rotatable bonds is 6. The number of methoxy groups -OCH3 is 1. The van der Waals surface area contributed by atoms with Crippen molar-refractivity contribution in [1.29, 1.82) is 0 Å². The molecule has 122 valence electrons. The van der Waals surface area contributed by atoms with Gasteiger partial charge in [-0.1, -0.05) is 6.92 Å². The van der Waals surface area contributed by atoms with Gasteiger partial charge in [-0.25, -0.2) is 0 Å². The van der Waals surface area contributed by atoms with Crippen LogP contribution in [0.2, 0.25) is 0 Å². The Labute approximate surface area is 134 Å². The Morgan fingerprint density at radius 2 is 2.27 bits per heavy atom. The van der Waals surface area contributed by atoms with Gasteiger partial charge in [0.15, 0.2) is 0 Å². The molecule has 1 aromatic rings. The van der Waals surface area contributed by atoms with E-state index in [1.165, 1.54) is 28.9 Å². The molecule has 0 aromatic carbocycles. The SMILES string of the molecule is COCC(C)(CC(=O)O)NC(=O)c1cc2c(s1)CCC(C)C2. The second-order valence-electron chi connectivity index (χ2n) is 6.43. The molecular weight excluding hydrogens is 302 g/mol. The average Bonchev–Trinajstić information content (AvgIpc) is 2.80. The Balaban J connectivity index is 2.12. The lowest BCUT2D eigenvalue weighted by atomic mass is 9.90. The molecule has 0 saturated heterocycles. The van der Waals surface area contributed by atoms with Gasteiger partial charge in [-0.15, -0.1) is 11.3 Å². The molecule has 0 radical (unpaired) electrons. The maximum Gasteiger partial charge on any atom is 0.305 e. The van der Waals surface area contributed by atoms with E-state index in [4.69, 9.17) is 9.84 Å². The summed E-state index contributed by atoms with van der Waals surface area (Å²) < 4.78 is 5.07. The zero-order valence-electron chi connectivity index (χ0n) is 13.3. The molecule has 0 fully saturated rings. The van der Waals surface area contributed by atoms with Gasteiger partial charge in [-0.05, 0) is 43.7 Å². The molecule has 0 bridgehead atoms. The summed E-state index contributed by atoms with van der Waals surface area (Å²) in [5.74, 6) is -0.518. The number of ether oxygens (including phenoxy) is 1. The van der Waals surface area contributed by atoms with Gasteiger partial charge in [-0.2, -0.15) is 0 Å². The molecule has 5 nitrogen and oxygen atoms in total. The van der Waals surface area contributed by atoms with Crippen LogP contribution in [0.4, 0.5) is 0 Å². The van der Waals surface area contributed by atoms with Crippen LogP contribution in [0.15, 0.2) is 6.07 Å². The molecule has 6 heteroatoms. The Kier molecular flexibility index (Phi) is 5.24. The van der Waals surface area contributed by atoms with Crippen molar-refractivity contribution in [2.45, 2.75) is 45.1 Å². The minimum Gasteiger partial charge on any atom is -0.481 e. The van der Waals surface area contributed by atoms with Gasteiger partial charge in [0.1, 0.15) is 0 Å². The lowest BCUT2D eigenvalue weighted by molar-refractivity contribution is -0.139. The lowest BCUT2D eigenvalue weighted by Gasteiger charge is -2.28. The fraction of sp³-hybridized carbons (Fsp3) is 0.625. The number of carboxylic acids is 1. The maximum absolute atomic E-state index is 12.5. The van der Waals surface area contributed by atoms with E-state index in [9.17, 15) is 9.59 Å². The number of amides is 1. The molecule has 2 atom stereocenters. The van der Waals surface area contributed by atoms with Gasteiger partial charge in [0.25, 0.3) is 5.91 Å². The van der Waals surface area contributed by atoms with Crippen LogP contribution < -0.4 is 5.32 Å². The zero-order valence-corrected chi connectivity index (χ0v) is 14.1. The van der Waals surface area contributed by atoms with E-state index in [0.717, 1.165) is 19.3 Å². The van der Waals surface area contributed by atoms with Crippen LogP contribution in [0, 0.1) is 5.92 Å². The number of carbonyl (C=O) groups is 2. The van der Waals surface area contributed by atoms with Crippen molar-refractivity contribution < 1.29 is 19.4 Å². The first-order valence-electron chi connectivity index (χ1n) is 7.48. The summed E-state index contributed by atoms with van der Waals surface area (Å²) in [6.07, 6.45) is 3.03. The molecular formula is C16H23NO4S. The Morgan fingerprint density at radius 1 is 1.55 bits per heavy atom. The summed E-state index contributed by atoms with van der Waals surface area (Å²) in [5.41, 5.74) is 0.357. The van der Waals surface area contributed by atoms with Crippen LogP contribution in [-0.2, 0) is 22.4 Å². The summed E-state index contributed by atoms with van der Waals surface area (Å²) >= 11 is 1.52. The standard InChI is InChI=1S/C16H23NO4S/c1-10-4-5-12-11(6-10)7-13(22-12)15(20)17-16(2,9-21-3)8-14(18)19/h7,10H,4-6,8-9H2,1-3H3,(H,17,20)(H,18,19). The molecule has 1 aliphatic rings. The highest BCUT2D eigenvalue weighted by Gasteiger charge is 2.31. The lowest BCUT2D eigenvalue weighted by Crippen LogP contribution is -2.50. The molecule has 1 amide bonds. The van der Waals surface area contributed by atoms with E-state index in [-0.39, 0.29) is 18.9 Å². The van der Waals surface area contributed by atoms with Crippen LogP contribution >= 0.6 is 11.3 Å². The van der Waals surface area contributed by atoms with Crippen molar-refractivity contribution >= 4 is 23.2 Å². The Hall–Kier alpha value is -1.40. The number of aryl methyl sites for hydroxylation is 1. The third kappa shape index (κ3) is 4.08. The quantitative estimate of drug-likeness (QED) is 0.842. The summed E-state index contributed by atoms with van der Waals surface area (Å²) in [6, 6.07) is 1.96. The molecule has 0 saturated carbocycles. The van der Waals surface area contributed by atoms with Crippen LogP contribution in [0.1, 0.15) is 46.8 Å². The third-order valence-electron chi connectivity index (χ3n) is 3.97. The number of carboxylic acid groups (broad SMARTS) is 1. The summed E-state index contributed by atoms with van der Waals surface area (Å²) in [4.78, 5) is 25.4. The van der Waals surface area contributed by atoms with Crippen molar-refractivity contribution in [2.75, 3.05) is 13.7 Å². The van der Waals surface area contributed by atoms with Gasteiger partial charge in [0.05, 0.1) is 23.4 Å². The number of aliphatic carboxylic acids is 1. The number of nitrogens with one attached hydrogen (secondary N) is 1. The van der Waals surface area contributed by atoms with Crippen LogP contribution in [0.5, 0.6) is 0 Å². The normalized spacial score (nSPS) is 20.0. The van der Waals surface area contributed by atoms with E-state index >= 15 is 0 Å². The summed E-state index contributed by atoms with van der Waals surface area (Å²) in [5, 5.41) is 11.8. The van der Waals surface area contributed by atoms with E-state index in [0.29, 0.717) is 10.8 Å². The first-order valence-corrected chi connectivity index (χ1v) is 8.29. The van der Waals surface area contributed by atoms with Crippen molar-refractivity contribution in [3.05, 3.63) is 21.4 Å². The predicted molar refractivity (Wildman–Crippen MR) is 85.5 cm³/mol.